The van der Waals surface area contributed by atoms with Gasteiger partial charge in [-0.05, 0) is 24.3 Å². The number of hydrogen-bond donors (Lipinski definition) is 1. The maximum Gasteiger partial charge on any atom is 0.433 e. The summed E-state index contributed by atoms with van der Waals surface area (Å²) in [5.41, 5.74) is -1.61. The van der Waals surface area contributed by atoms with E-state index in [9.17, 15) is 22.8 Å². The van der Waals surface area contributed by atoms with Crippen molar-refractivity contribution in [2.45, 2.75) is 19.6 Å². The number of furan rings is 1. The highest BCUT2D eigenvalue weighted by atomic mass is 19.4. The van der Waals surface area contributed by atoms with Crippen LogP contribution in [0.2, 0.25) is 0 Å². The number of carbonyl (C=O) groups is 2. The first-order chi connectivity index (χ1) is 15.2. The zero-order valence-electron chi connectivity index (χ0n) is 16.3. The van der Waals surface area contributed by atoms with Gasteiger partial charge in [-0.3, -0.25) is 9.59 Å². The molecule has 0 unspecified atom stereocenters. The molecule has 0 saturated heterocycles. The summed E-state index contributed by atoms with van der Waals surface area (Å²) in [5, 5.41) is 10.5. The van der Waals surface area contributed by atoms with Crippen molar-refractivity contribution in [3.63, 3.8) is 0 Å². The highest BCUT2D eigenvalue weighted by Crippen LogP contribution is 2.30. The number of aromatic nitrogens is 5. The van der Waals surface area contributed by atoms with Crippen LogP contribution in [0.4, 0.5) is 19.0 Å². The van der Waals surface area contributed by atoms with Gasteiger partial charge in [-0.15, -0.1) is 5.10 Å². The minimum atomic E-state index is -4.66. The van der Waals surface area contributed by atoms with Gasteiger partial charge < -0.3 is 14.2 Å². The molecular weight excluding hydrogens is 433 g/mol. The van der Waals surface area contributed by atoms with Gasteiger partial charge in [-0.1, -0.05) is 6.07 Å². The Morgan fingerprint density at radius 3 is 2.72 bits per heavy atom. The minimum absolute atomic E-state index is 0.0549. The van der Waals surface area contributed by atoms with Gasteiger partial charge in [0.05, 0.1) is 6.20 Å². The van der Waals surface area contributed by atoms with E-state index >= 15 is 0 Å². The fourth-order valence-electron chi connectivity index (χ4n) is 2.71. The molecule has 0 aromatic carbocycles. The summed E-state index contributed by atoms with van der Waals surface area (Å²) in [4.78, 5) is 32.4. The SMILES string of the molecule is CC(=O)c1ccc(Cn2ncc(NC(=O)c3ncoc3-c3cccc(C(F)(F)F)n3)n2)o1. The second kappa shape index (κ2) is 8.09. The first-order valence-corrected chi connectivity index (χ1v) is 9.00. The predicted molar refractivity (Wildman–Crippen MR) is 101 cm³/mol. The standard InChI is InChI=1S/C19H13F3N6O4/c1-10(29)13-6-5-11(32-13)8-28-24-7-15(27-28)26-18(30)16-17(31-9-23-16)12-3-2-4-14(25-12)19(20,21)22/h2-7,9H,8H2,1H3,(H,26,27,30). The number of oxazole rings is 1. The molecule has 0 radical (unpaired) electrons. The van der Waals surface area contributed by atoms with Crippen LogP contribution >= 0.6 is 0 Å². The topological polar surface area (TPSA) is 129 Å². The lowest BCUT2D eigenvalue weighted by molar-refractivity contribution is -0.141. The lowest BCUT2D eigenvalue weighted by Crippen LogP contribution is -2.15. The first-order valence-electron chi connectivity index (χ1n) is 9.00. The Bertz CT molecular complexity index is 1290. The van der Waals surface area contributed by atoms with Gasteiger partial charge in [0.15, 0.2) is 35.2 Å². The molecule has 32 heavy (non-hydrogen) atoms. The lowest BCUT2D eigenvalue weighted by Gasteiger charge is -2.07. The molecule has 4 aromatic rings. The first kappa shape index (κ1) is 21.0. The Kier molecular flexibility index (Phi) is 5.30. The van der Waals surface area contributed by atoms with E-state index in [0.29, 0.717) is 5.76 Å². The molecule has 4 aromatic heterocycles. The molecule has 164 valence electrons. The summed E-state index contributed by atoms with van der Waals surface area (Å²) in [6, 6.07) is 6.34. The smallest absolute Gasteiger partial charge is 0.433 e. The van der Waals surface area contributed by atoms with Crippen LogP contribution in [0.15, 0.2) is 51.8 Å². The monoisotopic (exact) mass is 446 g/mol. The molecule has 1 amide bonds. The lowest BCUT2D eigenvalue weighted by atomic mass is 10.2. The number of alkyl halides is 3. The molecule has 0 fully saturated rings. The van der Waals surface area contributed by atoms with Crippen LogP contribution in [0.5, 0.6) is 0 Å². The van der Waals surface area contributed by atoms with E-state index in [0.717, 1.165) is 18.5 Å². The largest absolute Gasteiger partial charge is 0.456 e. The number of rotatable bonds is 6. The number of carbonyl (C=O) groups excluding carboxylic acids is 2. The zero-order valence-corrected chi connectivity index (χ0v) is 16.3. The highest BCUT2D eigenvalue weighted by Gasteiger charge is 2.33. The summed E-state index contributed by atoms with van der Waals surface area (Å²) in [7, 11) is 0. The molecule has 10 nitrogen and oxygen atoms in total. The van der Waals surface area contributed by atoms with Crippen molar-refractivity contribution in [2.24, 2.45) is 0 Å². The predicted octanol–water partition coefficient (Wildman–Crippen LogP) is 3.44. The number of amides is 1. The van der Waals surface area contributed by atoms with Crippen molar-refractivity contribution in [1.82, 2.24) is 25.0 Å². The van der Waals surface area contributed by atoms with E-state index in [1.807, 2.05) is 0 Å². The van der Waals surface area contributed by atoms with Crippen LogP contribution < -0.4 is 5.32 Å². The Morgan fingerprint density at radius 2 is 2.00 bits per heavy atom. The normalized spacial score (nSPS) is 11.5. The van der Waals surface area contributed by atoms with E-state index in [1.165, 1.54) is 30.0 Å². The van der Waals surface area contributed by atoms with Crippen molar-refractivity contribution >= 4 is 17.5 Å². The highest BCUT2D eigenvalue weighted by molar-refractivity contribution is 6.05. The van der Waals surface area contributed by atoms with Crippen LogP contribution in [-0.2, 0) is 12.7 Å². The minimum Gasteiger partial charge on any atom is -0.456 e. The summed E-state index contributed by atoms with van der Waals surface area (Å²) in [6.07, 6.45) is -2.47. The molecule has 0 saturated carbocycles. The second-order valence-corrected chi connectivity index (χ2v) is 6.47. The van der Waals surface area contributed by atoms with E-state index < -0.39 is 17.8 Å². The summed E-state index contributed by atoms with van der Waals surface area (Å²) >= 11 is 0. The summed E-state index contributed by atoms with van der Waals surface area (Å²) in [6.45, 7) is 1.47. The van der Waals surface area contributed by atoms with Gasteiger partial charge in [-0.25, -0.2) is 9.97 Å². The van der Waals surface area contributed by atoms with E-state index in [2.05, 4.69) is 25.5 Å². The Labute approximate surface area is 177 Å². The average Bonchev–Trinajstić information content (AvgIpc) is 3.48. The van der Waals surface area contributed by atoms with Crippen LogP contribution in [0.1, 0.15) is 39.4 Å². The molecule has 0 aliphatic rings. The molecule has 13 heteroatoms. The number of nitrogens with zero attached hydrogens (tertiary/aromatic N) is 5. The Hall–Kier alpha value is -4.29. The molecule has 4 heterocycles. The van der Waals surface area contributed by atoms with Crippen LogP contribution in [-0.4, -0.2) is 36.7 Å². The molecule has 0 aliphatic carbocycles. The molecule has 1 N–H and O–H groups in total. The van der Waals surface area contributed by atoms with Gasteiger partial charge in [0.1, 0.15) is 23.7 Å². The van der Waals surface area contributed by atoms with Gasteiger partial charge in [-0.2, -0.15) is 23.1 Å². The third kappa shape index (κ3) is 4.40. The number of anilines is 1. The summed E-state index contributed by atoms with van der Waals surface area (Å²) < 4.78 is 49.2. The number of hydrogen-bond acceptors (Lipinski definition) is 8. The number of Topliss-reactive ketones (excluding diaryl/α,β-unsaturated/α-hetero) is 1. The number of nitrogens with one attached hydrogen (secondary N) is 1. The van der Waals surface area contributed by atoms with Crippen LogP contribution in [0, 0.1) is 0 Å². The maximum atomic E-state index is 12.9. The second-order valence-electron chi connectivity index (χ2n) is 6.47. The Balaban J connectivity index is 1.49. The van der Waals surface area contributed by atoms with Gasteiger partial charge in [0.25, 0.3) is 5.91 Å². The summed E-state index contributed by atoms with van der Waals surface area (Å²) in [5.74, 6) is -0.554. The van der Waals surface area contributed by atoms with Gasteiger partial charge >= 0.3 is 6.18 Å². The third-order valence-electron chi connectivity index (χ3n) is 4.14. The van der Waals surface area contributed by atoms with Gasteiger partial charge in [0, 0.05) is 6.92 Å². The van der Waals surface area contributed by atoms with Crippen molar-refractivity contribution in [1.29, 1.82) is 0 Å². The molecule has 4 rings (SSSR count). The molecule has 0 spiro atoms. The molecule has 0 aliphatic heterocycles. The third-order valence-corrected chi connectivity index (χ3v) is 4.14. The van der Waals surface area contributed by atoms with Crippen molar-refractivity contribution in [3.8, 4) is 11.5 Å². The maximum absolute atomic E-state index is 12.9. The van der Waals surface area contributed by atoms with Crippen LogP contribution in [0.25, 0.3) is 11.5 Å². The molecular formula is C19H13F3N6O4. The van der Waals surface area contributed by atoms with E-state index in [-0.39, 0.29) is 41.1 Å². The quantitative estimate of drug-likeness (QED) is 0.446. The number of pyridine rings is 1. The molecule has 0 atom stereocenters. The average molecular weight is 446 g/mol. The number of halogens is 3. The zero-order chi connectivity index (χ0) is 22.9. The van der Waals surface area contributed by atoms with Gasteiger partial charge in [0.2, 0.25) is 0 Å². The van der Waals surface area contributed by atoms with Crippen LogP contribution in [0.3, 0.4) is 0 Å². The van der Waals surface area contributed by atoms with Crippen molar-refractivity contribution in [2.75, 3.05) is 5.32 Å². The Morgan fingerprint density at radius 1 is 1.19 bits per heavy atom. The van der Waals surface area contributed by atoms with E-state index in [4.69, 9.17) is 8.83 Å². The van der Waals surface area contributed by atoms with Crippen molar-refractivity contribution < 1.29 is 31.6 Å². The van der Waals surface area contributed by atoms with E-state index in [1.54, 1.807) is 6.07 Å². The number of ketones is 1. The molecule has 0 bridgehead atoms. The fraction of sp³-hybridized carbons (Fsp3) is 0.158. The fourth-order valence-corrected chi connectivity index (χ4v) is 2.71. The van der Waals surface area contributed by atoms with Crippen molar-refractivity contribution in [3.05, 3.63) is 65.8 Å².